The minimum atomic E-state index is 0.772. The monoisotopic (exact) mass is 593 g/mol. The molecule has 1 aromatic rings. The normalized spacial score (nSPS) is 29.3. The second kappa shape index (κ2) is 18.8. The number of hydrogen-bond acceptors (Lipinski definition) is 2. The number of hydrogen-bond donors (Lipinski definition) is 0. The molecule has 2 heteroatoms. The second-order valence-corrected chi connectivity index (χ2v) is 15.8. The highest BCUT2D eigenvalue weighted by Crippen LogP contribution is 2.40. The van der Waals surface area contributed by atoms with Crippen LogP contribution in [0.1, 0.15) is 178 Å². The zero-order valence-electron chi connectivity index (χ0n) is 28.3. The number of nitrogens with zero attached hydrogens (tertiary/aromatic N) is 1. The lowest BCUT2D eigenvalue weighted by Gasteiger charge is -2.49. The smallest absolute Gasteiger partial charge is 0.0305 e. The van der Waals surface area contributed by atoms with Gasteiger partial charge in [-0.15, -0.1) is 11.3 Å². The van der Waals surface area contributed by atoms with Crippen LogP contribution in [0, 0.1) is 17.8 Å². The maximum absolute atomic E-state index is 3.17. The van der Waals surface area contributed by atoms with Gasteiger partial charge in [-0.1, -0.05) is 84.3 Å². The van der Waals surface area contributed by atoms with Gasteiger partial charge >= 0.3 is 0 Å². The number of allylic oxidation sites excluding steroid dienone is 2. The Labute approximate surface area is 266 Å². The quantitative estimate of drug-likeness (QED) is 0.172. The van der Waals surface area contributed by atoms with Gasteiger partial charge in [-0.2, -0.15) is 0 Å². The number of thiophene rings is 1. The summed E-state index contributed by atoms with van der Waals surface area (Å²) in [5.41, 5.74) is 1.57. The number of aryl methyl sites for hydroxylation is 1. The maximum Gasteiger partial charge on any atom is 0.0305 e. The summed E-state index contributed by atoms with van der Waals surface area (Å²) in [6.07, 6.45) is 41.0. The van der Waals surface area contributed by atoms with Crippen molar-refractivity contribution in [2.24, 2.45) is 17.8 Å². The van der Waals surface area contributed by atoms with E-state index in [9.17, 15) is 0 Å². The van der Waals surface area contributed by atoms with Crippen LogP contribution in [0.5, 0.6) is 0 Å². The third-order valence-corrected chi connectivity index (χ3v) is 12.4. The molecular weight excluding hydrogens is 527 g/mol. The van der Waals surface area contributed by atoms with Gasteiger partial charge in [-0.05, 0) is 138 Å². The SMILES string of the molecule is C/C=C/c1sc(/C=C/C2CCC(N(C3CCC(C)CC3)C3CCC(CCCCCC)CC3)CC2)cc1CCCCCC. The van der Waals surface area contributed by atoms with Crippen LogP contribution in [0.3, 0.4) is 0 Å². The lowest BCUT2D eigenvalue weighted by atomic mass is 9.77. The molecule has 0 atom stereocenters. The van der Waals surface area contributed by atoms with Crippen molar-refractivity contribution < 1.29 is 0 Å². The molecule has 0 spiro atoms. The topological polar surface area (TPSA) is 3.24 Å². The van der Waals surface area contributed by atoms with Gasteiger partial charge in [-0.3, -0.25) is 4.90 Å². The van der Waals surface area contributed by atoms with Crippen molar-refractivity contribution in [3.63, 3.8) is 0 Å². The average molecular weight is 594 g/mol. The summed E-state index contributed by atoms with van der Waals surface area (Å²) in [5.74, 6) is 2.74. The van der Waals surface area contributed by atoms with Gasteiger partial charge in [-0.25, -0.2) is 0 Å². The molecule has 42 heavy (non-hydrogen) atoms. The van der Waals surface area contributed by atoms with Crippen LogP contribution in [0.15, 0.2) is 18.2 Å². The van der Waals surface area contributed by atoms with E-state index in [1.54, 1.807) is 5.56 Å². The molecule has 3 fully saturated rings. The summed E-state index contributed by atoms with van der Waals surface area (Å²) in [4.78, 5) is 6.14. The van der Waals surface area contributed by atoms with Crippen LogP contribution in [-0.2, 0) is 6.42 Å². The molecular formula is C40H67NS. The van der Waals surface area contributed by atoms with Crippen molar-refractivity contribution >= 4 is 23.5 Å². The first-order chi connectivity index (χ1) is 20.6. The zero-order valence-corrected chi connectivity index (χ0v) is 29.1. The molecule has 238 valence electrons. The van der Waals surface area contributed by atoms with Crippen molar-refractivity contribution in [2.45, 2.75) is 187 Å². The molecule has 0 aliphatic heterocycles. The van der Waals surface area contributed by atoms with Gasteiger partial charge < -0.3 is 0 Å². The van der Waals surface area contributed by atoms with Crippen LogP contribution >= 0.6 is 11.3 Å². The Hall–Kier alpha value is -0.860. The highest BCUT2D eigenvalue weighted by atomic mass is 32.1. The lowest BCUT2D eigenvalue weighted by Crippen LogP contribution is -2.52. The van der Waals surface area contributed by atoms with E-state index in [4.69, 9.17) is 0 Å². The molecule has 4 rings (SSSR count). The first kappa shape index (κ1) is 34.0. The van der Waals surface area contributed by atoms with Crippen LogP contribution in [0.2, 0.25) is 0 Å². The van der Waals surface area contributed by atoms with E-state index < -0.39 is 0 Å². The fourth-order valence-corrected chi connectivity index (χ4v) is 9.72. The fourth-order valence-electron chi connectivity index (χ4n) is 8.63. The molecule has 0 unspecified atom stereocenters. The van der Waals surface area contributed by atoms with E-state index in [-0.39, 0.29) is 0 Å². The standard InChI is InChI=1S/C40H67NS/c1-5-8-10-12-15-33-19-26-37(27-20-33)41(36-24-17-32(4)18-25-36)38-28-21-34(22-29-38)23-30-39-31-35(16-13-11-9-6-2)40(42-39)14-7-3/h7,14,23,30-34,36-38H,5-6,8-13,15-22,24-29H2,1-4H3/b14-7+,30-23+. The molecule has 1 nitrogen and oxygen atoms in total. The van der Waals surface area contributed by atoms with Gasteiger partial charge in [0.2, 0.25) is 0 Å². The third-order valence-electron chi connectivity index (χ3n) is 11.3. The Balaban J connectivity index is 1.31. The fraction of sp³-hybridized carbons (Fsp3) is 0.800. The summed E-state index contributed by atoms with van der Waals surface area (Å²) >= 11 is 2.00. The molecule has 3 aliphatic carbocycles. The summed E-state index contributed by atoms with van der Waals surface area (Å²) < 4.78 is 0. The first-order valence-electron chi connectivity index (χ1n) is 18.8. The summed E-state index contributed by atoms with van der Waals surface area (Å²) in [5, 5.41) is 0. The van der Waals surface area contributed by atoms with Gasteiger partial charge in [0.25, 0.3) is 0 Å². The van der Waals surface area contributed by atoms with Gasteiger partial charge in [0.05, 0.1) is 0 Å². The largest absolute Gasteiger partial charge is 0.294 e. The maximum atomic E-state index is 3.17. The van der Waals surface area contributed by atoms with Gasteiger partial charge in [0, 0.05) is 27.9 Å². The van der Waals surface area contributed by atoms with E-state index >= 15 is 0 Å². The summed E-state index contributed by atoms with van der Waals surface area (Å²) in [6.45, 7) is 9.30. The Bertz CT molecular complexity index is 902. The summed E-state index contributed by atoms with van der Waals surface area (Å²) in [7, 11) is 0. The van der Waals surface area contributed by atoms with Gasteiger partial charge in [0.1, 0.15) is 0 Å². The number of rotatable bonds is 16. The molecule has 0 bridgehead atoms. The van der Waals surface area contributed by atoms with Crippen LogP contribution < -0.4 is 0 Å². The lowest BCUT2D eigenvalue weighted by molar-refractivity contribution is 0.00656. The molecule has 0 radical (unpaired) electrons. The Kier molecular flexibility index (Phi) is 15.3. The van der Waals surface area contributed by atoms with Gasteiger partial charge in [0.15, 0.2) is 0 Å². The van der Waals surface area contributed by atoms with Crippen molar-refractivity contribution in [3.05, 3.63) is 33.5 Å². The predicted octanol–water partition coefficient (Wildman–Crippen LogP) is 12.9. The molecule has 0 amide bonds. The minimum absolute atomic E-state index is 0.772. The van der Waals surface area contributed by atoms with Crippen molar-refractivity contribution in [1.29, 1.82) is 0 Å². The third kappa shape index (κ3) is 10.6. The molecule has 3 aliphatic rings. The molecule has 3 saturated carbocycles. The highest BCUT2D eigenvalue weighted by Gasteiger charge is 2.37. The Morgan fingerprint density at radius 1 is 0.714 bits per heavy atom. The number of unbranched alkanes of at least 4 members (excludes halogenated alkanes) is 6. The first-order valence-corrected chi connectivity index (χ1v) is 19.6. The van der Waals surface area contributed by atoms with E-state index in [0.717, 1.165) is 35.9 Å². The van der Waals surface area contributed by atoms with Crippen LogP contribution in [0.4, 0.5) is 0 Å². The molecule has 0 N–H and O–H groups in total. The predicted molar refractivity (Wildman–Crippen MR) is 189 cm³/mol. The van der Waals surface area contributed by atoms with Crippen molar-refractivity contribution in [2.75, 3.05) is 0 Å². The molecule has 1 aromatic heterocycles. The molecule has 1 heterocycles. The van der Waals surface area contributed by atoms with Crippen LogP contribution in [0.25, 0.3) is 12.2 Å². The minimum Gasteiger partial charge on any atom is -0.294 e. The Morgan fingerprint density at radius 2 is 1.31 bits per heavy atom. The van der Waals surface area contributed by atoms with E-state index in [2.05, 4.69) is 63.0 Å². The van der Waals surface area contributed by atoms with E-state index in [1.807, 2.05) is 11.3 Å². The van der Waals surface area contributed by atoms with E-state index in [0.29, 0.717) is 0 Å². The Morgan fingerprint density at radius 3 is 1.93 bits per heavy atom. The molecule has 0 aromatic carbocycles. The average Bonchev–Trinajstić information content (AvgIpc) is 3.40. The summed E-state index contributed by atoms with van der Waals surface area (Å²) in [6, 6.07) is 5.09. The van der Waals surface area contributed by atoms with Crippen molar-refractivity contribution in [1.82, 2.24) is 4.90 Å². The van der Waals surface area contributed by atoms with Crippen molar-refractivity contribution in [3.8, 4) is 0 Å². The zero-order chi connectivity index (χ0) is 29.6. The second-order valence-electron chi connectivity index (χ2n) is 14.7. The highest BCUT2D eigenvalue weighted by molar-refractivity contribution is 7.14. The van der Waals surface area contributed by atoms with E-state index in [1.165, 1.54) is 151 Å². The molecule has 0 saturated heterocycles. The van der Waals surface area contributed by atoms with Crippen LogP contribution in [-0.4, -0.2) is 23.0 Å².